The molecule has 0 atom stereocenters. The first-order chi connectivity index (χ1) is 15.8. The van der Waals surface area contributed by atoms with E-state index in [2.05, 4.69) is 21.8 Å². The van der Waals surface area contributed by atoms with Crippen LogP contribution in [0.3, 0.4) is 0 Å². The van der Waals surface area contributed by atoms with Crippen LogP contribution in [0.5, 0.6) is 5.75 Å². The lowest BCUT2D eigenvalue weighted by Crippen LogP contribution is -2.39. The van der Waals surface area contributed by atoms with Crippen LogP contribution in [0.2, 0.25) is 0 Å². The first-order valence-corrected chi connectivity index (χ1v) is 10.5. The molecule has 0 radical (unpaired) electrons. The zero-order chi connectivity index (χ0) is 23.3. The zero-order valence-electron chi connectivity index (χ0n) is 17.6. The fourth-order valence-electron chi connectivity index (χ4n) is 3.50. The van der Waals surface area contributed by atoms with Gasteiger partial charge in [-0.1, -0.05) is 5.92 Å². The zero-order valence-corrected chi connectivity index (χ0v) is 17.6. The van der Waals surface area contributed by atoms with Gasteiger partial charge < -0.3 is 9.72 Å². The molecule has 11 heteroatoms. The summed E-state index contributed by atoms with van der Waals surface area (Å²) < 4.78 is 34.1. The van der Waals surface area contributed by atoms with Crippen LogP contribution in [0, 0.1) is 23.5 Å². The van der Waals surface area contributed by atoms with Gasteiger partial charge in [-0.15, -0.1) is 0 Å². The van der Waals surface area contributed by atoms with Crippen molar-refractivity contribution in [1.29, 1.82) is 0 Å². The number of imidazole rings is 1. The monoisotopic (exact) mass is 455 g/mol. The number of aromatic nitrogens is 4. The van der Waals surface area contributed by atoms with Crippen LogP contribution in [-0.2, 0) is 0 Å². The normalized spacial score (nSPS) is 15.2. The average Bonchev–Trinajstić information content (AvgIpc) is 3.70. The molecule has 2 fully saturated rings. The lowest BCUT2D eigenvalue weighted by molar-refractivity contribution is 0.167. The van der Waals surface area contributed by atoms with E-state index in [0.29, 0.717) is 5.65 Å². The number of nitrogens with one attached hydrogen (secondary N) is 1. The summed E-state index contributed by atoms with van der Waals surface area (Å²) in [6.07, 6.45) is 2.51. The quantitative estimate of drug-likeness (QED) is 0.609. The summed E-state index contributed by atoms with van der Waals surface area (Å²) in [6, 6.07) is 2.74. The largest absolute Gasteiger partial charge is 0.415 e. The van der Waals surface area contributed by atoms with E-state index in [1.165, 1.54) is 11.6 Å². The summed E-state index contributed by atoms with van der Waals surface area (Å²) in [5, 5.41) is 0. The first kappa shape index (κ1) is 20.9. The number of carbonyl (C=O) groups is 1. The smallest absolute Gasteiger partial charge is 0.410 e. The third-order valence-electron chi connectivity index (χ3n) is 5.51. The van der Waals surface area contributed by atoms with Gasteiger partial charge in [-0.3, -0.25) is 18.8 Å². The summed E-state index contributed by atoms with van der Waals surface area (Å²) >= 11 is 0. The Hall–Kier alpha value is -3.94. The van der Waals surface area contributed by atoms with Gasteiger partial charge in [0.25, 0.3) is 5.56 Å². The number of nitrogens with zero attached hydrogens (tertiary/aromatic N) is 4. The van der Waals surface area contributed by atoms with Gasteiger partial charge in [-0.25, -0.2) is 23.4 Å². The molecular weight excluding hydrogens is 436 g/mol. The highest BCUT2D eigenvalue weighted by atomic mass is 19.2. The van der Waals surface area contributed by atoms with Gasteiger partial charge in [0.1, 0.15) is 5.75 Å². The van der Waals surface area contributed by atoms with Crippen molar-refractivity contribution < 1.29 is 18.3 Å². The second kappa shape index (κ2) is 7.88. The van der Waals surface area contributed by atoms with Gasteiger partial charge in [0.15, 0.2) is 28.6 Å². The first-order valence-electron chi connectivity index (χ1n) is 10.5. The van der Waals surface area contributed by atoms with Crippen molar-refractivity contribution in [2.24, 2.45) is 0 Å². The summed E-state index contributed by atoms with van der Waals surface area (Å²) in [4.78, 5) is 46.2. The van der Waals surface area contributed by atoms with E-state index in [4.69, 9.17) is 4.74 Å². The summed E-state index contributed by atoms with van der Waals surface area (Å²) in [6.45, 7) is -0.0543. The molecule has 1 N–H and O–H groups in total. The van der Waals surface area contributed by atoms with Crippen LogP contribution >= 0.6 is 0 Å². The molecule has 2 saturated carbocycles. The highest BCUT2D eigenvalue weighted by Gasteiger charge is 2.34. The fourth-order valence-corrected chi connectivity index (χ4v) is 3.50. The van der Waals surface area contributed by atoms with Crippen molar-refractivity contribution in [1.82, 2.24) is 24.0 Å². The molecule has 1 amide bonds. The van der Waals surface area contributed by atoms with E-state index < -0.39 is 23.3 Å². The van der Waals surface area contributed by atoms with Crippen LogP contribution < -0.4 is 16.0 Å². The van der Waals surface area contributed by atoms with Gasteiger partial charge in [-0.05, 0) is 43.7 Å². The van der Waals surface area contributed by atoms with Crippen LogP contribution in [-0.4, -0.2) is 43.7 Å². The number of fused-ring (bicyclic) bond motifs is 1. The van der Waals surface area contributed by atoms with Crippen molar-refractivity contribution in [2.75, 3.05) is 13.6 Å². The van der Waals surface area contributed by atoms with Crippen LogP contribution in [0.25, 0.3) is 11.2 Å². The molecule has 0 unspecified atom stereocenters. The molecule has 3 aromatic rings. The van der Waals surface area contributed by atoms with Crippen LogP contribution in [0.1, 0.15) is 43.6 Å². The number of rotatable bonds is 4. The number of H-pyrrole nitrogens is 1. The summed E-state index contributed by atoms with van der Waals surface area (Å²) in [7, 11) is 1.43. The number of benzene rings is 1. The molecule has 2 aromatic heterocycles. The standard InChI is InChI=1S/C22H19F2N5O4/c1-27(22(32)33-14-8-9-15(23)16(24)11-14)10-2-3-17-25-18-19(26-17)28(12-4-5-12)21(31)29(20(18)30)13-6-7-13/h8-9,11-13H,4-7,10H2,1H3,(H,25,26). The van der Waals surface area contributed by atoms with Crippen LogP contribution in [0.4, 0.5) is 13.6 Å². The lowest BCUT2D eigenvalue weighted by atomic mass is 10.3. The average molecular weight is 455 g/mol. The van der Waals surface area contributed by atoms with Crippen molar-refractivity contribution in [2.45, 2.75) is 37.8 Å². The molecule has 1 aromatic carbocycles. The molecule has 9 nitrogen and oxygen atoms in total. The van der Waals surface area contributed by atoms with E-state index in [0.717, 1.165) is 48.8 Å². The van der Waals surface area contributed by atoms with Gasteiger partial charge in [0.2, 0.25) is 0 Å². The predicted molar refractivity (Wildman–Crippen MR) is 113 cm³/mol. The van der Waals surface area contributed by atoms with Crippen molar-refractivity contribution >= 4 is 17.3 Å². The third-order valence-corrected chi connectivity index (χ3v) is 5.51. The Labute approximate surface area is 185 Å². The maximum atomic E-state index is 13.3. The molecular formula is C22H19F2N5O4. The molecule has 0 saturated heterocycles. The summed E-state index contributed by atoms with van der Waals surface area (Å²) in [5.74, 6) is 3.40. The topological polar surface area (TPSA) is 102 Å². The number of amides is 1. The Balaban J connectivity index is 1.35. The Morgan fingerprint density at radius 2 is 1.88 bits per heavy atom. The second-order valence-corrected chi connectivity index (χ2v) is 8.18. The van der Waals surface area contributed by atoms with Crippen molar-refractivity contribution in [3.05, 3.63) is 56.5 Å². The molecule has 5 rings (SSSR count). The van der Waals surface area contributed by atoms with Gasteiger partial charge in [0, 0.05) is 25.2 Å². The number of ether oxygens (including phenoxy) is 1. The number of halogens is 2. The van der Waals surface area contributed by atoms with E-state index in [1.54, 1.807) is 4.57 Å². The minimum Gasteiger partial charge on any atom is -0.410 e. The maximum Gasteiger partial charge on any atom is 0.415 e. The van der Waals surface area contributed by atoms with E-state index >= 15 is 0 Å². The van der Waals surface area contributed by atoms with E-state index in [-0.39, 0.29) is 41.4 Å². The number of hydrogen-bond donors (Lipinski definition) is 1. The van der Waals surface area contributed by atoms with Crippen LogP contribution in [0.15, 0.2) is 27.8 Å². The van der Waals surface area contributed by atoms with Gasteiger partial charge in [0.05, 0.1) is 6.54 Å². The fraction of sp³-hybridized carbons (Fsp3) is 0.364. The molecule has 0 spiro atoms. The molecule has 0 bridgehead atoms. The summed E-state index contributed by atoms with van der Waals surface area (Å²) in [5.41, 5.74) is -0.200. The Morgan fingerprint density at radius 1 is 1.18 bits per heavy atom. The highest BCUT2D eigenvalue weighted by molar-refractivity contribution is 5.72. The Kier molecular flexibility index (Phi) is 5.00. The van der Waals surface area contributed by atoms with E-state index in [1.807, 2.05) is 0 Å². The molecule has 0 aliphatic heterocycles. The number of hydrogen-bond acceptors (Lipinski definition) is 5. The molecule has 2 aliphatic carbocycles. The minimum atomic E-state index is -1.13. The Bertz CT molecular complexity index is 1450. The third kappa shape index (κ3) is 4.00. The highest BCUT2D eigenvalue weighted by Crippen LogP contribution is 2.36. The molecule has 2 heterocycles. The van der Waals surface area contributed by atoms with Crippen molar-refractivity contribution in [3.63, 3.8) is 0 Å². The van der Waals surface area contributed by atoms with Crippen molar-refractivity contribution in [3.8, 4) is 17.6 Å². The van der Waals surface area contributed by atoms with Gasteiger partial charge in [-0.2, -0.15) is 0 Å². The number of aromatic amines is 1. The Morgan fingerprint density at radius 3 is 2.55 bits per heavy atom. The second-order valence-electron chi connectivity index (χ2n) is 8.18. The SMILES string of the molecule is CN(CC#Cc1nc2c([nH]1)c(=O)n(C1CC1)c(=O)n2C1CC1)C(=O)Oc1ccc(F)c(F)c1. The molecule has 33 heavy (non-hydrogen) atoms. The lowest BCUT2D eigenvalue weighted by Gasteiger charge is -2.13. The number of carbonyl (C=O) groups excluding carboxylic acids is 1. The predicted octanol–water partition coefficient (Wildman–Crippen LogP) is 2.32. The minimum absolute atomic E-state index is 0.0342. The maximum absolute atomic E-state index is 13.3. The van der Waals surface area contributed by atoms with Gasteiger partial charge >= 0.3 is 11.8 Å². The molecule has 2 aliphatic rings. The molecule has 170 valence electrons. The van der Waals surface area contributed by atoms with E-state index in [9.17, 15) is 23.2 Å².